The minimum absolute atomic E-state index is 0.234. The first-order valence-corrected chi connectivity index (χ1v) is 8.41. The molecule has 0 aliphatic carbocycles. The second kappa shape index (κ2) is 9.89. The first-order chi connectivity index (χ1) is 12.6. The monoisotopic (exact) mass is 361 g/mol. The standard InChI is InChI=1S/C20H27NO5/c1-21(13-16(22)14-26-17-8-6-5-7-9-17)12-15-10-11-18(23-2)20(25-4)19(15)24-3/h5-11,16,22H,12-14H2,1-4H3/t16-/m1/s1. The summed E-state index contributed by atoms with van der Waals surface area (Å²) in [6.45, 7) is 1.29. The molecule has 0 spiro atoms. The lowest BCUT2D eigenvalue weighted by Gasteiger charge is -2.23. The molecule has 0 unspecified atom stereocenters. The Kier molecular flexibility index (Phi) is 7.56. The summed E-state index contributed by atoms with van der Waals surface area (Å²) < 4.78 is 21.8. The Morgan fingerprint density at radius 1 is 0.923 bits per heavy atom. The summed E-state index contributed by atoms with van der Waals surface area (Å²) >= 11 is 0. The average molecular weight is 361 g/mol. The van der Waals surface area contributed by atoms with E-state index < -0.39 is 6.10 Å². The maximum absolute atomic E-state index is 10.2. The fraction of sp³-hybridized carbons (Fsp3) is 0.400. The molecule has 1 N–H and O–H groups in total. The Morgan fingerprint density at radius 3 is 2.23 bits per heavy atom. The van der Waals surface area contributed by atoms with E-state index in [0.29, 0.717) is 30.3 Å². The summed E-state index contributed by atoms with van der Waals surface area (Å²) in [5, 5.41) is 10.2. The van der Waals surface area contributed by atoms with E-state index in [4.69, 9.17) is 18.9 Å². The van der Waals surface area contributed by atoms with Crippen LogP contribution in [0.2, 0.25) is 0 Å². The van der Waals surface area contributed by atoms with E-state index >= 15 is 0 Å². The molecule has 0 aliphatic rings. The maximum atomic E-state index is 10.2. The van der Waals surface area contributed by atoms with E-state index in [-0.39, 0.29) is 6.61 Å². The van der Waals surface area contributed by atoms with Crippen LogP contribution in [-0.2, 0) is 6.54 Å². The van der Waals surface area contributed by atoms with Gasteiger partial charge in [-0.05, 0) is 25.2 Å². The van der Waals surface area contributed by atoms with E-state index in [1.165, 1.54) is 0 Å². The number of benzene rings is 2. The molecule has 0 heterocycles. The van der Waals surface area contributed by atoms with E-state index in [2.05, 4.69) is 0 Å². The molecule has 0 radical (unpaired) electrons. The highest BCUT2D eigenvalue weighted by Gasteiger charge is 2.18. The summed E-state index contributed by atoms with van der Waals surface area (Å²) in [7, 11) is 6.70. The van der Waals surface area contributed by atoms with Crippen LogP contribution in [0.3, 0.4) is 0 Å². The molecule has 0 saturated carbocycles. The number of aliphatic hydroxyl groups excluding tert-OH is 1. The van der Waals surface area contributed by atoms with Gasteiger partial charge in [0.2, 0.25) is 5.75 Å². The largest absolute Gasteiger partial charge is 0.493 e. The Morgan fingerprint density at radius 2 is 1.62 bits per heavy atom. The number of nitrogens with zero attached hydrogens (tertiary/aromatic N) is 1. The highest BCUT2D eigenvalue weighted by atomic mass is 16.5. The van der Waals surface area contributed by atoms with Gasteiger partial charge < -0.3 is 24.1 Å². The van der Waals surface area contributed by atoms with Gasteiger partial charge in [-0.2, -0.15) is 0 Å². The molecule has 2 rings (SSSR count). The molecule has 2 aromatic carbocycles. The fourth-order valence-electron chi connectivity index (χ4n) is 2.76. The predicted octanol–water partition coefficient (Wildman–Crippen LogP) is 2.58. The number of ether oxygens (including phenoxy) is 4. The first-order valence-electron chi connectivity index (χ1n) is 8.41. The number of rotatable bonds is 10. The van der Waals surface area contributed by atoms with Crippen molar-refractivity contribution in [3.8, 4) is 23.0 Å². The molecule has 142 valence electrons. The lowest BCUT2D eigenvalue weighted by atomic mass is 10.1. The van der Waals surface area contributed by atoms with Crippen molar-refractivity contribution in [2.24, 2.45) is 0 Å². The van der Waals surface area contributed by atoms with Crippen LogP contribution in [0.4, 0.5) is 0 Å². The Balaban J connectivity index is 1.95. The van der Waals surface area contributed by atoms with Crippen molar-refractivity contribution in [1.82, 2.24) is 4.90 Å². The van der Waals surface area contributed by atoms with Crippen molar-refractivity contribution >= 4 is 0 Å². The molecule has 1 atom stereocenters. The van der Waals surface area contributed by atoms with Crippen LogP contribution in [0.1, 0.15) is 5.56 Å². The van der Waals surface area contributed by atoms with Crippen LogP contribution in [-0.4, -0.2) is 57.6 Å². The summed E-state index contributed by atoms with van der Waals surface area (Å²) in [6.07, 6.45) is -0.605. The van der Waals surface area contributed by atoms with Crippen LogP contribution in [0.15, 0.2) is 42.5 Å². The van der Waals surface area contributed by atoms with Crippen LogP contribution in [0, 0.1) is 0 Å². The second-order valence-corrected chi connectivity index (χ2v) is 5.97. The Hall–Kier alpha value is -2.44. The highest BCUT2D eigenvalue weighted by molar-refractivity contribution is 5.55. The topological polar surface area (TPSA) is 60.4 Å². The number of hydrogen-bond donors (Lipinski definition) is 1. The van der Waals surface area contributed by atoms with Crippen molar-refractivity contribution in [3.63, 3.8) is 0 Å². The molecule has 0 aromatic heterocycles. The van der Waals surface area contributed by atoms with Crippen LogP contribution in [0.25, 0.3) is 0 Å². The van der Waals surface area contributed by atoms with Gasteiger partial charge in [0.1, 0.15) is 18.5 Å². The summed E-state index contributed by atoms with van der Waals surface area (Å²) in [5.41, 5.74) is 0.948. The zero-order valence-electron chi connectivity index (χ0n) is 15.8. The molecule has 6 nitrogen and oxygen atoms in total. The quantitative estimate of drug-likeness (QED) is 0.702. The maximum Gasteiger partial charge on any atom is 0.203 e. The highest BCUT2D eigenvalue weighted by Crippen LogP contribution is 2.40. The van der Waals surface area contributed by atoms with Gasteiger partial charge >= 0.3 is 0 Å². The minimum atomic E-state index is -0.605. The van der Waals surface area contributed by atoms with Crippen LogP contribution < -0.4 is 18.9 Å². The molecule has 0 bridgehead atoms. The smallest absolute Gasteiger partial charge is 0.203 e. The van der Waals surface area contributed by atoms with Gasteiger partial charge in [0, 0.05) is 18.7 Å². The van der Waals surface area contributed by atoms with E-state index in [0.717, 1.165) is 11.3 Å². The average Bonchev–Trinajstić information content (AvgIpc) is 2.66. The van der Waals surface area contributed by atoms with Crippen molar-refractivity contribution in [3.05, 3.63) is 48.0 Å². The third-order valence-corrected chi connectivity index (χ3v) is 3.93. The molecule has 0 aliphatic heterocycles. The van der Waals surface area contributed by atoms with Crippen molar-refractivity contribution in [1.29, 1.82) is 0 Å². The van der Waals surface area contributed by atoms with Gasteiger partial charge in [0.25, 0.3) is 0 Å². The second-order valence-electron chi connectivity index (χ2n) is 5.97. The molecule has 26 heavy (non-hydrogen) atoms. The van der Waals surface area contributed by atoms with E-state index in [9.17, 15) is 5.11 Å². The minimum Gasteiger partial charge on any atom is -0.493 e. The number of aliphatic hydroxyl groups is 1. The van der Waals surface area contributed by atoms with Gasteiger partial charge in [0.15, 0.2) is 11.5 Å². The van der Waals surface area contributed by atoms with Gasteiger partial charge in [-0.15, -0.1) is 0 Å². The number of hydrogen-bond acceptors (Lipinski definition) is 6. The number of methoxy groups -OCH3 is 3. The first kappa shape index (κ1) is 19.9. The fourth-order valence-corrected chi connectivity index (χ4v) is 2.76. The SMILES string of the molecule is COc1ccc(CN(C)C[C@@H](O)COc2ccccc2)c(OC)c1OC. The predicted molar refractivity (Wildman–Crippen MR) is 100 cm³/mol. The molecule has 0 fully saturated rings. The van der Waals surface area contributed by atoms with Crippen LogP contribution in [0.5, 0.6) is 23.0 Å². The van der Waals surface area contributed by atoms with Gasteiger partial charge in [-0.1, -0.05) is 24.3 Å². The summed E-state index contributed by atoms with van der Waals surface area (Å²) in [5.74, 6) is 2.56. The molecular weight excluding hydrogens is 334 g/mol. The summed E-state index contributed by atoms with van der Waals surface area (Å²) in [6, 6.07) is 13.2. The van der Waals surface area contributed by atoms with Crippen molar-refractivity contribution in [2.75, 3.05) is 41.5 Å². The lowest BCUT2D eigenvalue weighted by molar-refractivity contribution is 0.0741. The van der Waals surface area contributed by atoms with E-state index in [1.807, 2.05) is 54.4 Å². The zero-order chi connectivity index (χ0) is 18.9. The molecular formula is C20H27NO5. The Labute approximate surface area is 154 Å². The Bertz CT molecular complexity index is 677. The molecule has 2 aromatic rings. The zero-order valence-corrected chi connectivity index (χ0v) is 15.8. The third kappa shape index (κ3) is 5.28. The molecule has 0 saturated heterocycles. The van der Waals surface area contributed by atoms with Crippen LogP contribution >= 0.6 is 0 Å². The lowest BCUT2D eigenvalue weighted by Crippen LogP contribution is -2.32. The van der Waals surface area contributed by atoms with Crippen molar-refractivity contribution < 1.29 is 24.1 Å². The summed E-state index contributed by atoms with van der Waals surface area (Å²) in [4.78, 5) is 2.00. The third-order valence-electron chi connectivity index (χ3n) is 3.93. The van der Waals surface area contributed by atoms with Crippen molar-refractivity contribution in [2.45, 2.75) is 12.6 Å². The molecule has 0 amide bonds. The number of likely N-dealkylation sites (N-methyl/N-ethyl adjacent to an activating group) is 1. The normalized spacial score (nSPS) is 11.9. The van der Waals surface area contributed by atoms with E-state index in [1.54, 1.807) is 21.3 Å². The van der Waals surface area contributed by atoms with Gasteiger partial charge in [0.05, 0.1) is 21.3 Å². The van der Waals surface area contributed by atoms with Gasteiger partial charge in [-0.25, -0.2) is 0 Å². The molecule has 6 heteroatoms. The number of para-hydroxylation sites is 1. The van der Waals surface area contributed by atoms with Gasteiger partial charge in [-0.3, -0.25) is 4.90 Å².